The maximum absolute atomic E-state index is 12.7. The van der Waals surface area contributed by atoms with Crippen LogP contribution < -0.4 is 10.2 Å². The Morgan fingerprint density at radius 3 is 2.58 bits per heavy atom. The molecular weight excluding hydrogens is 318 g/mol. The number of fused-ring (bicyclic) bond motifs is 1. The zero-order valence-corrected chi connectivity index (χ0v) is 13.5. The molecule has 1 fully saturated rings. The number of thiocarbonyl (C=S) groups is 1. The van der Waals surface area contributed by atoms with Gasteiger partial charge in [-0.1, -0.05) is 36.4 Å². The summed E-state index contributed by atoms with van der Waals surface area (Å²) in [5, 5.41) is 4.39. The Labute approximate surface area is 144 Å². The standard InChI is InChI=1S/C19H13N3OS/c23-18-17(21-19(24)22(18)14-6-2-1-3-7-14)12-13-10-11-20-16-9-5-4-8-15(13)16/h1-12H,(H,21,24). The van der Waals surface area contributed by atoms with Crippen LogP contribution in [0.15, 0.2) is 72.6 Å². The average molecular weight is 331 g/mol. The first-order chi connectivity index (χ1) is 11.7. The van der Waals surface area contributed by atoms with Gasteiger partial charge in [0.15, 0.2) is 5.11 Å². The van der Waals surface area contributed by atoms with Crippen LogP contribution in [0, 0.1) is 0 Å². The maximum atomic E-state index is 12.7. The second-order valence-corrected chi connectivity index (χ2v) is 5.77. The van der Waals surface area contributed by atoms with Gasteiger partial charge in [-0.25, -0.2) is 0 Å². The van der Waals surface area contributed by atoms with Crippen LogP contribution in [-0.2, 0) is 4.79 Å². The lowest BCUT2D eigenvalue weighted by Crippen LogP contribution is -2.30. The van der Waals surface area contributed by atoms with E-state index in [1.54, 1.807) is 6.20 Å². The van der Waals surface area contributed by atoms with Gasteiger partial charge in [-0.3, -0.25) is 14.7 Å². The molecule has 0 saturated carbocycles. The highest BCUT2D eigenvalue weighted by molar-refractivity contribution is 7.80. The maximum Gasteiger partial charge on any atom is 0.281 e. The van der Waals surface area contributed by atoms with Gasteiger partial charge in [0.25, 0.3) is 5.91 Å². The van der Waals surface area contributed by atoms with E-state index in [1.807, 2.05) is 66.7 Å². The molecule has 0 atom stereocenters. The monoisotopic (exact) mass is 331 g/mol. The summed E-state index contributed by atoms with van der Waals surface area (Å²) >= 11 is 5.33. The fraction of sp³-hybridized carbons (Fsp3) is 0. The number of carbonyl (C=O) groups excluding carboxylic acids is 1. The van der Waals surface area contributed by atoms with E-state index in [9.17, 15) is 4.79 Å². The lowest BCUT2D eigenvalue weighted by atomic mass is 10.1. The molecule has 0 aliphatic carbocycles. The van der Waals surface area contributed by atoms with Crippen LogP contribution in [0.3, 0.4) is 0 Å². The summed E-state index contributed by atoms with van der Waals surface area (Å²) in [7, 11) is 0. The Kier molecular flexibility index (Phi) is 3.55. The minimum Gasteiger partial charge on any atom is -0.327 e. The number of aromatic nitrogens is 1. The van der Waals surface area contributed by atoms with E-state index in [1.165, 1.54) is 4.90 Å². The molecule has 4 nitrogen and oxygen atoms in total. The second-order valence-electron chi connectivity index (χ2n) is 5.38. The molecule has 0 spiro atoms. The molecule has 0 unspecified atom stereocenters. The number of rotatable bonds is 2. The highest BCUT2D eigenvalue weighted by Crippen LogP contribution is 2.24. The fourth-order valence-electron chi connectivity index (χ4n) is 2.75. The van der Waals surface area contributed by atoms with Crippen molar-refractivity contribution >= 4 is 45.9 Å². The number of hydrogen-bond donors (Lipinski definition) is 1. The van der Waals surface area contributed by atoms with Crippen molar-refractivity contribution in [3.8, 4) is 0 Å². The molecule has 1 N–H and O–H groups in total. The highest BCUT2D eigenvalue weighted by Gasteiger charge is 2.31. The van der Waals surface area contributed by atoms with E-state index in [0.717, 1.165) is 22.2 Å². The highest BCUT2D eigenvalue weighted by atomic mass is 32.1. The van der Waals surface area contributed by atoms with E-state index in [4.69, 9.17) is 12.2 Å². The molecule has 2 heterocycles. The third-order valence-corrected chi connectivity index (χ3v) is 4.16. The number of carbonyl (C=O) groups is 1. The Hall–Kier alpha value is -3.05. The lowest BCUT2D eigenvalue weighted by Gasteiger charge is -2.13. The summed E-state index contributed by atoms with van der Waals surface area (Å²) in [4.78, 5) is 18.6. The van der Waals surface area contributed by atoms with Gasteiger partial charge in [0.1, 0.15) is 5.70 Å². The van der Waals surface area contributed by atoms with E-state index < -0.39 is 0 Å². The fourth-order valence-corrected chi connectivity index (χ4v) is 3.04. The van der Waals surface area contributed by atoms with Crippen LogP contribution in [0.2, 0.25) is 0 Å². The van der Waals surface area contributed by atoms with Gasteiger partial charge >= 0.3 is 0 Å². The summed E-state index contributed by atoms with van der Waals surface area (Å²) in [6, 6.07) is 19.1. The van der Waals surface area contributed by atoms with Crippen molar-refractivity contribution in [1.82, 2.24) is 10.3 Å². The minimum absolute atomic E-state index is 0.160. The Morgan fingerprint density at radius 2 is 1.75 bits per heavy atom. The molecule has 24 heavy (non-hydrogen) atoms. The van der Waals surface area contributed by atoms with Crippen molar-refractivity contribution in [2.24, 2.45) is 0 Å². The Morgan fingerprint density at radius 1 is 1.00 bits per heavy atom. The summed E-state index contributed by atoms with van der Waals surface area (Å²) in [5.41, 5.74) is 3.03. The molecule has 116 valence electrons. The molecule has 1 aliphatic heterocycles. The number of anilines is 1. The predicted octanol–water partition coefficient (Wildman–Crippen LogP) is 3.50. The van der Waals surface area contributed by atoms with Gasteiger partial charge in [0, 0.05) is 11.6 Å². The van der Waals surface area contributed by atoms with Crippen LogP contribution in [0.25, 0.3) is 17.0 Å². The summed E-state index contributed by atoms with van der Waals surface area (Å²) < 4.78 is 0. The van der Waals surface area contributed by atoms with Crippen molar-refractivity contribution in [1.29, 1.82) is 0 Å². The van der Waals surface area contributed by atoms with Gasteiger partial charge in [-0.05, 0) is 48.1 Å². The lowest BCUT2D eigenvalue weighted by molar-refractivity contribution is -0.113. The smallest absolute Gasteiger partial charge is 0.281 e. The van der Waals surface area contributed by atoms with Crippen molar-refractivity contribution < 1.29 is 4.79 Å². The zero-order valence-electron chi connectivity index (χ0n) is 12.6. The van der Waals surface area contributed by atoms with Crippen LogP contribution in [-0.4, -0.2) is 16.0 Å². The molecule has 1 saturated heterocycles. The van der Waals surface area contributed by atoms with E-state index >= 15 is 0 Å². The van der Waals surface area contributed by atoms with Gasteiger partial charge in [-0.2, -0.15) is 0 Å². The van der Waals surface area contributed by atoms with Crippen molar-refractivity contribution in [2.75, 3.05) is 4.90 Å². The van der Waals surface area contributed by atoms with Gasteiger partial charge in [-0.15, -0.1) is 0 Å². The third kappa shape index (κ3) is 2.45. The molecule has 2 aromatic carbocycles. The number of hydrogen-bond acceptors (Lipinski definition) is 3. The molecule has 0 radical (unpaired) electrons. The molecule has 1 amide bonds. The van der Waals surface area contributed by atoms with Crippen LogP contribution in [0.4, 0.5) is 5.69 Å². The number of nitrogens with zero attached hydrogens (tertiary/aromatic N) is 2. The van der Waals surface area contributed by atoms with E-state index in [0.29, 0.717) is 10.8 Å². The van der Waals surface area contributed by atoms with Crippen molar-refractivity contribution in [2.45, 2.75) is 0 Å². The Bertz CT molecular complexity index is 977. The first kappa shape index (κ1) is 14.5. The predicted molar refractivity (Wildman–Crippen MR) is 99.4 cm³/mol. The normalized spacial score (nSPS) is 16.0. The molecular formula is C19H13N3OS. The summed E-state index contributed by atoms with van der Waals surface area (Å²) in [6.07, 6.45) is 3.56. The minimum atomic E-state index is -0.160. The first-order valence-electron chi connectivity index (χ1n) is 7.50. The van der Waals surface area contributed by atoms with E-state index in [2.05, 4.69) is 10.3 Å². The van der Waals surface area contributed by atoms with Crippen LogP contribution in [0.1, 0.15) is 5.56 Å². The second kappa shape index (κ2) is 5.86. The third-order valence-electron chi connectivity index (χ3n) is 3.88. The molecule has 5 heteroatoms. The number of para-hydroxylation sites is 2. The van der Waals surface area contributed by atoms with E-state index in [-0.39, 0.29) is 5.91 Å². The topological polar surface area (TPSA) is 45.2 Å². The van der Waals surface area contributed by atoms with Gasteiger partial charge in [0.2, 0.25) is 0 Å². The zero-order chi connectivity index (χ0) is 16.5. The van der Waals surface area contributed by atoms with Gasteiger partial charge in [0.05, 0.1) is 11.2 Å². The first-order valence-corrected chi connectivity index (χ1v) is 7.91. The molecule has 3 aromatic rings. The summed E-state index contributed by atoms with van der Waals surface area (Å²) in [6.45, 7) is 0. The van der Waals surface area contributed by atoms with Crippen molar-refractivity contribution in [3.05, 3.63) is 78.1 Å². The number of benzene rings is 2. The van der Waals surface area contributed by atoms with Crippen LogP contribution >= 0.6 is 12.2 Å². The largest absolute Gasteiger partial charge is 0.327 e. The molecule has 0 bridgehead atoms. The number of pyridine rings is 1. The molecule has 1 aliphatic rings. The summed E-state index contributed by atoms with van der Waals surface area (Å²) in [5.74, 6) is -0.160. The quantitative estimate of drug-likeness (QED) is 0.577. The van der Waals surface area contributed by atoms with Gasteiger partial charge < -0.3 is 5.32 Å². The Balaban J connectivity index is 1.76. The SMILES string of the molecule is O=C1C(=Cc2ccnc3ccccc23)NC(=S)N1c1ccccc1. The average Bonchev–Trinajstić information content (AvgIpc) is 2.90. The number of amides is 1. The number of nitrogens with one attached hydrogen (secondary N) is 1. The molecule has 4 rings (SSSR count). The van der Waals surface area contributed by atoms with Crippen molar-refractivity contribution in [3.63, 3.8) is 0 Å². The molecule has 1 aromatic heterocycles. The van der Waals surface area contributed by atoms with Crippen LogP contribution in [0.5, 0.6) is 0 Å².